The van der Waals surface area contributed by atoms with Crippen molar-refractivity contribution in [2.75, 3.05) is 0 Å². The van der Waals surface area contributed by atoms with Crippen molar-refractivity contribution in [1.29, 1.82) is 0 Å². The summed E-state index contributed by atoms with van der Waals surface area (Å²) < 4.78 is 39.2. The average Bonchev–Trinajstić information content (AvgIpc) is 3.28. The molecule has 8 heteroatoms. The van der Waals surface area contributed by atoms with E-state index in [0.717, 1.165) is 5.56 Å². The number of pyridine rings is 2. The van der Waals surface area contributed by atoms with Gasteiger partial charge in [0.05, 0.1) is 10.9 Å². The fraction of sp³-hybridized carbons (Fsp3) is 0.348. The molecular weight excluding hydrogens is 407 g/mol. The number of nitrogens with zero attached hydrogens (tertiary/aromatic N) is 1. The van der Waals surface area contributed by atoms with Gasteiger partial charge in [-0.1, -0.05) is 12.1 Å². The first-order valence-electron chi connectivity index (χ1n) is 10.1. The van der Waals surface area contributed by atoms with Crippen LogP contribution in [0, 0.1) is 24.6 Å². The van der Waals surface area contributed by atoms with Gasteiger partial charge in [0.15, 0.2) is 5.43 Å². The zero-order chi connectivity index (χ0) is 22.3. The van der Waals surface area contributed by atoms with Gasteiger partial charge >= 0.3 is 0 Å². The van der Waals surface area contributed by atoms with E-state index < -0.39 is 23.7 Å². The lowest BCUT2D eigenvalue weighted by Gasteiger charge is -2.20. The van der Waals surface area contributed by atoms with Crippen LogP contribution < -0.4 is 11.2 Å². The van der Waals surface area contributed by atoms with E-state index in [1.165, 1.54) is 24.4 Å². The third kappa shape index (κ3) is 4.06. The van der Waals surface area contributed by atoms with E-state index in [9.17, 15) is 22.8 Å². The van der Waals surface area contributed by atoms with Crippen molar-refractivity contribution in [3.8, 4) is 0 Å². The Bertz CT molecular complexity index is 1190. The van der Waals surface area contributed by atoms with Gasteiger partial charge in [-0.05, 0) is 55.9 Å². The molecule has 0 spiro atoms. The van der Waals surface area contributed by atoms with E-state index >= 15 is 0 Å². The highest BCUT2D eigenvalue weighted by Crippen LogP contribution is 2.64. The van der Waals surface area contributed by atoms with Crippen molar-refractivity contribution in [3.05, 3.63) is 75.6 Å². The third-order valence-electron chi connectivity index (χ3n) is 6.15. The van der Waals surface area contributed by atoms with Crippen LogP contribution >= 0.6 is 0 Å². The van der Waals surface area contributed by atoms with E-state index in [4.69, 9.17) is 5.73 Å². The molecule has 0 bridgehead atoms. The predicted molar refractivity (Wildman–Crippen MR) is 111 cm³/mol. The number of carbonyl (C=O) groups is 1. The van der Waals surface area contributed by atoms with Gasteiger partial charge in [-0.25, -0.2) is 13.2 Å². The monoisotopic (exact) mass is 429 g/mol. The Morgan fingerprint density at radius 2 is 1.97 bits per heavy atom. The summed E-state index contributed by atoms with van der Waals surface area (Å²) in [7, 11) is 0. The Balaban J connectivity index is 0.000000245. The maximum Gasteiger partial charge on any atom is 0.268 e. The number of hydrogen-bond acceptors (Lipinski definition) is 3. The summed E-state index contributed by atoms with van der Waals surface area (Å²) in [6, 6.07) is 9.48. The second-order valence-corrected chi connectivity index (χ2v) is 8.23. The highest BCUT2D eigenvalue weighted by molar-refractivity contribution is 6.03. The lowest BCUT2D eigenvalue weighted by Crippen LogP contribution is -2.19. The molecule has 2 aliphatic carbocycles. The second-order valence-electron chi connectivity index (χ2n) is 8.23. The molecule has 0 radical (unpaired) electrons. The minimum Gasteiger partial charge on any atom is -0.364 e. The van der Waals surface area contributed by atoms with Crippen LogP contribution in [0.25, 0.3) is 10.9 Å². The van der Waals surface area contributed by atoms with Crippen molar-refractivity contribution in [1.82, 2.24) is 9.97 Å². The summed E-state index contributed by atoms with van der Waals surface area (Å²) in [4.78, 5) is 30.7. The molecular formula is C23H22F3N3O2. The number of aromatic nitrogens is 2. The van der Waals surface area contributed by atoms with Gasteiger partial charge in [0, 0.05) is 29.8 Å². The number of carbonyl (C=O) groups excluding carboxylic acids is 1. The Morgan fingerprint density at radius 1 is 1.19 bits per heavy atom. The normalized spacial score (nSPS) is 23.4. The number of amides is 1. The molecule has 31 heavy (non-hydrogen) atoms. The lowest BCUT2D eigenvalue weighted by atomic mass is 9.86. The molecule has 162 valence electrons. The number of aromatic amines is 1. The average molecular weight is 429 g/mol. The van der Waals surface area contributed by atoms with Gasteiger partial charge in [-0.2, -0.15) is 0 Å². The van der Waals surface area contributed by atoms with Crippen molar-refractivity contribution >= 4 is 16.8 Å². The Kier molecular flexibility index (Phi) is 5.33. The second kappa shape index (κ2) is 7.83. The summed E-state index contributed by atoms with van der Waals surface area (Å²) >= 11 is 0. The van der Waals surface area contributed by atoms with Crippen molar-refractivity contribution in [2.24, 2.45) is 17.6 Å². The molecule has 0 saturated heterocycles. The molecule has 2 heterocycles. The van der Waals surface area contributed by atoms with Crippen LogP contribution in [0.3, 0.4) is 0 Å². The standard InChI is InChI=1S/C16H15F2N3O2.C7H7F/c17-16(18)8-2-1-7(5-9(8)16)11-6-12(22)13-10(21-11)3-4-20-14(13)15(19)23;1-6-3-2-4-7(8)5-6/h3-4,6-9H,1-2,5H2,(H2,19,23)(H,21,22);2-5H,1H3/t7-,8+,9-;/m0./s1. The van der Waals surface area contributed by atoms with Crippen molar-refractivity contribution < 1.29 is 18.0 Å². The van der Waals surface area contributed by atoms with Crippen LogP contribution in [-0.2, 0) is 0 Å². The number of benzene rings is 1. The minimum atomic E-state index is -2.55. The van der Waals surface area contributed by atoms with Crippen LogP contribution in [0.1, 0.15) is 46.9 Å². The van der Waals surface area contributed by atoms with Gasteiger partial charge < -0.3 is 10.7 Å². The molecule has 2 aromatic heterocycles. The third-order valence-corrected chi connectivity index (χ3v) is 6.15. The number of primary amides is 1. The summed E-state index contributed by atoms with van der Waals surface area (Å²) in [5.74, 6) is -4.63. The summed E-state index contributed by atoms with van der Waals surface area (Å²) in [5, 5.41) is 0.147. The number of nitrogens with two attached hydrogens (primary N) is 1. The number of fused-ring (bicyclic) bond motifs is 2. The smallest absolute Gasteiger partial charge is 0.268 e. The maximum absolute atomic E-state index is 13.5. The lowest BCUT2D eigenvalue weighted by molar-refractivity contribution is 0.0847. The molecule has 2 saturated carbocycles. The number of H-pyrrole nitrogens is 1. The number of halogens is 3. The molecule has 3 N–H and O–H groups in total. The molecule has 2 fully saturated rings. The molecule has 0 aliphatic heterocycles. The highest BCUT2D eigenvalue weighted by Gasteiger charge is 2.68. The molecule has 1 aromatic carbocycles. The molecule has 3 atom stereocenters. The van der Waals surface area contributed by atoms with Gasteiger partial charge in [0.1, 0.15) is 11.5 Å². The number of hydrogen-bond donors (Lipinski definition) is 2. The van der Waals surface area contributed by atoms with Crippen molar-refractivity contribution in [2.45, 2.75) is 38.0 Å². The number of alkyl halides is 2. The number of rotatable bonds is 2. The first-order chi connectivity index (χ1) is 14.7. The fourth-order valence-electron chi connectivity index (χ4n) is 4.50. The quantitative estimate of drug-likeness (QED) is 0.636. The fourth-order valence-corrected chi connectivity index (χ4v) is 4.50. The van der Waals surface area contributed by atoms with E-state index in [1.807, 2.05) is 13.0 Å². The van der Waals surface area contributed by atoms with Gasteiger partial charge in [-0.15, -0.1) is 0 Å². The minimum absolute atomic E-state index is 0.0762. The Hall–Kier alpha value is -3.16. The maximum atomic E-state index is 13.5. The van der Waals surface area contributed by atoms with Crippen LogP contribution in [0.2, 0.25) is 0 Å². The predicted octanol–water partition coefficient (Wildman–Crippen LogP) is 4.30. The van der Waals surface area contributed by atoms with Gasteiger partial charge in [0.2, 0.25) is 0 Å². The first kappa shape index (κ1) is 21.1. The van der Waals surface area contributed by atoms with Crippen LogP contribution in [0.4, 0.5) is 13.2 Å². The number of nitrogens with one attached hydrogen (secondary N) is 1. The first-order valence-corrected chi connectivity index (χ1v) is 10.1. The van der Waals surface area contributed by atoms with Gasteiger partial charge in [-0.3, -0.25) is 14.6 Å². The van der Waals surface area contributed by atoms with Gasteiger partial charge in [0.25, 0.3) is 11.8 Å². The summed E-state index contributed by atoms with van der Waals surface area (Å²) in [6.45, 7) is 1.86. The molecule has 2 aliphatic rings. The highest BCUT2D eigenvalue weighted by atomic mass is 19.3. The molecule has 5 nitrogen and oxygen atoms in total. The van der Waals surface area contributed by atoms with E-state index in [1.54, 1.807) is 12.1 Å². The van der Waals surface area contributed by atoms with Crippen LogP contribution in [0.15, 0.2) is 47.4 Å². The van der Waals surface area contributed by atoms with Crippen LogP contribution in [-0.4, -0.2) is 21.8 Å². The Morgan fingerprint density at radius 3 is 2.58 bits per heavy atom. The largest absolute Gasteiger partial charge is 0.364 e. The van der Waals surface area contributed by atoms with Crippen molar-refractivity contribution in [3.63, 3.8) is 0 Å². The summed E-state index contributed by atoms with van der Waals surface area (Å²) in [6.07, 6.45) is 2.89. The number of aryl methyl sites for hydroxylation is 1. The summed E-state index contributed by atoms with van der Waals surface area (Å²) in [5.41, 5.74) is 6.87. The molecule has 5 rings (SSSR count). The molecule has 0 unspecified atom stereocenters. The zero-order valence-corrected chi connectivity index (χ0v) is 16.9. The van der Waals surface area contributed by atoms with Crippen LogP contribution in [0.5, 0.6) is 0 Å². The van der Waals surface area contributed by atoms with E-state index in [0.29, 0.717) is 30.5 Å². The zero-order valence-electron chi connectivity index (χ0n) is 16.9. The Labute approximate surface area is 176 Å². The molecule has 1 amide bonds. The topological polar surface area (TPSA) is 88.8 Å². The SMILES string of the molecule is Cc1cccc(F)c1.NC(=O)c1nccc2[nH]c([C@H]3CC[C@@H]4[C@H](C3)C4(F)F)cc(=O)c12. The van der Waals surface area contributed by atoms with E-state index in [2.05, 4.69) is 9.97 Å². The molecule has 3 aromatic rings. The van der Waals surface area contributed by atoms with E-state index in [-0.39, 0.29) is 28.2 Å².